The van der Waals surface area contributed by atoms with E-state index in [1.807, 2.05) is 0 Å². The zero-order valence-electron chi connectivity index (χ0n) is 9.69. The Bertz CT molecular complexity index is 274. The van der Waals surface area contributed by atoms with Crippen molar-refractivity contribution >= 4 is 11.8 Å². The van der Waals surface area contributed by atoms with Gasteiger partial charge in [0.05, 0.1) is 25.9 Å². The van der Waals surface area contributed by atoms with Crippen LogP contribution in [0.5, 0.6) is 0 Å². The van der Waals surface area contributed by atoms with E-state index in [0.29, 0.717) is 6.61 Å². The minimum Gasteiger partial charge on any atom is -0.465 e. The van der Waals surface area contributed by atoms with Crippen molar-refractivity contribution in [2.75, 3.05) is 19.8 Å². The molecule has 0 aliphatic carbocycles. The molecule has 0 aromatic carbocycles. The van der Waals surface area contributed by atoms with Crippen molar-refractivity contribution in [2.24, 2.45) is 5.41 Å². The molecule has 2 atom stereocenters. The Morgan fingerprint density at radius 3 is 2.88 bits per heavy atom. The van der Waals surface area contributed by atoms with E-state index in [1.165, 1.54) is 0 Å². The Hall–Kier alpha value is -0.940. The standard InChI is InChI=1S/C11H18O5/c1-3-16-10(14)11(6-8(2)12)7-15-5-4-9(11)13/h8,12H,3-7H2,1-2H3. The Kier molecular flexibility index (Phi) is 4.44. The van der Waals surface area contributed by atoms with Gasteiger partial charge in [-0.2, -0.15) is 0 Å². The van der Waals surface area contributed by atoms with Crippen molar-refractivity contribution in [2.45, 2.75) is 32.8 Å². The molecule has 16 heavy (non-hydrogen) atoms. The number of carbonyl (C=O) groups is 2. The second-order valence-corrected chi connectivity index (χ2v) is 4.08. The second-order valence-electron chi connectivity index (χ2n) is 4.08. The average molecular weight is 230 g/mol. The Morgan fingerprint density at radius 2 is 2.38 bits per heavy atom. The molecule has 0 aromatic heterocycles. The minimum absolute atomic E-state index is 0.00949. The van der Waals surface area contributed by atoms with Gasteiger partial charge in [-0.3, -0.25) is 9.59 Å². The molecule has 0 bridgehead atoms. The highest BCUT2D eigenvalue weighted by Crippen LogP contribution is 2.32. The summed E-state index contributed by atoms with van der Waals surface area (Å²) >= 11 is 0. The highest BCUT2D eigenvalue weighted by molar-refractivity contribution is 6.04. The van der Waals surface area contributed by atoms with Gasteiger partial charge in [-0.15, -0.1) is 0 Å². The fourth-order valence-electron chi connectivity index (χ4n) is 1.93. The van der Waals surface area contributed by atoms with Gasteiger partial charge in [-0.05, 0) is 20.3 Å². The Labute approximate surface area is 94.7 Å². The maximum absolute atomic E-state index is 11.9. The van der Waals surface area contributed by atoms with Gasteiger partial charge in [0.1, 0.15) is 0 Å². The molecular formula is C11H18O5. The van der Waals surface area contributed by atoms with Crippen LogP contribution in [0.2, 0.25) is 0 Å². The van der Waals surface area contributed by atoms with Crippen molar-refractivity contribution < 1.29 is 24.2 Å². The van der Waals surface area contributed by atoms with Crippen LogP contribution in [0, 0.1) is 5.41 Å². The molecule has 0 aromatic rings. The summed E-state index contributed by atoms with van der Waals surface area (Å²) in [5, 5.41) is 9.39. The van der Waals surface area contributed by atoms with Gasteiger partial charge in [0.15, 0.2) is 11.2 Å². The van der Waals surface area contributed by atoms with E-state index in [1.54, 1.807) is 13.8 Å². The number of ether oxygens (including phenoxy) is 2. The van der Waals surface area contributed by atoms with Crippen molar-refractivity contribution in [3.05, 3.63) is 0 Å². The summed E-state index contributed by atoms with van der Waals surface area (Å²) in [5.41, 5.74) is -1.30. The number of aliphatic hydroxyl groups excluding tert-OH is 1. The summed E-state index contributed by atoms with van der Waals surface area (Å²) in [6, 6.07) is 0. The number of esters is 1. The summed E-state index contributed by atoms with van der Waals surface area (Å²) in [6.45, 7) is 3.79. The number of aliphatic hydroxyl groups is 1. The molecule has 1 aliphatic heterocycles. The molecule has 0 saturated carbocycles. The third kappa shape index (κ3) is 2.59. The van der Waals surface area contributed by atoms with Gasteiger partial charge in [0.2, 0.25) is 0 Å². The average Bonchev–Trinajstić information content (AvgIpc) is 2.21. The van der Waals surface area contributed by atoms with E-state index in [0.717, 1.165) is 0 Å². The normalized spacial score (nSPS) is 27.6. The lowest BCUT2D eigenvalue weighted by molar-refractivity contribution is -0.171. The van der Waals surface area contributed by atoms with Crippen molar-refractivity contribution in [3.8, 4) is 0 Å². The maximum atomic E-state index is 11.9. The molecule has 92 valence electrons. The third-order valence-electron chi connectivity index (χ3n) is 2.67. The fourth-order valence-corrected chi connectivity index (χ4v) is 1.93. The molecule has 0 spiro atoms. The number of hydrogen-bond donors (Lipinski definition) is 1. The summed E-state index contributed by atoms with van der Waals surface area (Å²) in [5.74, 6) is -0.779. The van der Waals surface area contributed by atoms with E-state index in [2.05, 4.69) is 0 Å². The molecule has 1 heterocycles. The predicted octanol–water partition coefficient (Wildman–Crippen LogP) is 0.296. The van der Waals surface area contributed by atoms with Gasteiger partial charge < -0.3 is 14.6 Å². The lowest BCUT2D eigenvalue weighted by atomic mass is 9.77. The Morgan fingerprint density at radius 1 is 1.69 bits per heavy atom. The first kappa shape index (κ1) is 13.1. The second kappa shape index (κ2) is 5.41. The molecule has 1 fully saturated rings. The lowest BCUT2D eigenvalue weighted by Crippen LogP contribution is -2.49. The van der Waals surface area contributed by atoms with Crippen LogP contribution in [0.25, 0.3) is 0 Å². The SMILES string of the molecule is CCOC(=O)C1(CC(C)O)COCCC1=O. The van der Waals surface area contributed by atoms with Gasteiger partial charge in [0, 0.05) is 6.42 Å². The van der Waals surface area contributed by atoms with Crippen LogP contribution in [0.15, 0.2) is 0 Å². The molecule has 1 rings (SSSR count). The van der Waals surface area contributed by atoms with E-state index < -0.39 is 17.5 Å². The summed E-state index contributed by atoms with van der Waals surface area (Å²) < 4.78 is 10.1. The van der Waals surface area contributed by atoms with Crippen molar-refractivity contribution in [1.82, 2.24) is 0 Å². The maximum Gasteiger partial charge on any atom is 0.322 e. The highest BCUT2D eigenvalue weighted by atomic mass is 16.5. The topological polar surface area (TPSA) is 72.8 Å². The zero-order chi connectivity index (χ0) is 12.2. The van der Waals surface area contributed by atoms with Crippen molar-refractivity contribution in [1.29, 1.82) is 0 Å². The molecule has 1 saturated heterocycles. The third-order valence-corrected chi connectivity index (χ3v) is 2.67. The van der Waals surface area contributed by atoms with E-state index in [-0.39, 0.29) is 31.8 Å². The van der Waals surface area contributed by atoms with Gasteiger partial charge in [-0.25, -0.2) is 0 Å². The Balaban J connectivity index is 2.90. The van der Waals surface area contributed by atoms with Crippen LogP contribution in [-0.2, 0) is 19.1 Å². The first-order valence-corrected chi connectivity index (χ1v) is 5.49. The van der Waals surface area contributed by atoms with Crippen molar-refractivity contribution in [3.63, 3.8) is 0 Å². The van der Waals surface area contributed by atoms with Gasteiger partial charge in [0.25, 0.3) is 0 Å². The van der Waals surface area contributed by atoms with Crippen LogP contribution < -0.4 is 0 Å². The first-order valence-electron chi connectivity index (χ1n) is 5.49. The molecule has 5 nitrogen and oxygen atoms in total. The monoisotopic (exact) mass is 230 g/mol. The summed E-state index contributed by atoms with van der Waals surface area (Å²) in [7, 11) is 0. The number of carbonyl (C=O) groups excluding carboxylic acids is 2. The van der Waals surface area contributed by atoms with Crippen LogP contribution in [0.3, 0.4) is 0 Å². The summed E-state index contributed by atoms with van der Waals surface area (Å²) in [4.78, 5) is 23.7. The fraction of sp³-hybridized carbons (Fsp3) is 0.818. The first-order chi connectivity index (χ1) is 7.53. The summed E-state index contributed by atoms with van der Waals surface area (Å²) in [6.07, 6.45) is -0.481. The van der Waals surface area contributed by atoms with E-state index in [4.69, 9.17) is 9.47 Å². The molecule has 1 aliphatic rings. The van der Waals surface area contributed by atoms with Gasteiger partial charge >= 0.3 is 5.97 Å². The van der Waals surface area contributed by atoms with E-state index in [9.17, 15) is 14.7 Å². The number of hydrogen-bond acceptors (Lipinski definition) is 5. The molecule has 0 radical (unpaired) electrons. The number of ketones is 1. The zero-order valence-corrected chi connectivity index (χ0v) is 9.69. The number of rotatable bonds is 4. The smallest absolute Gasteiger partial charge is 0.322 e. The largest absolute Gasteiger partial charge is 0.465 e. The van der Waals surface area contributed by atoms with Crippen LogP contribution in [0.4, 0.5) is 0 Å². The van der Waals surface area contributed by atoms with Crippen LogP contribution in [-0.4, -0.2) is 42.8 Å². The lowest BCUT2D eigenvalue weighted by Gasteiger charge is -2.33. The highest BCUT2D eigenvalue weighted by Gasteiger charge is 2.49. The molecular weight excluding hydrogens is 212 g/mol. The predicted molar refractivity (Wildman–Crippen MR) is 55.8 cm³/mol. The molecule has 0 amide bonds. The number of Topliss-reactive ketones (excluding diaryl/α,β-unsaturated/α-hetero) is 1. The minimum atomic E-state index is -1.30. The molecule has 1 N–H and O–H groups in total. The van der Waals surface area contributed by atoms with Crippen LogP contribution >= 0.6 is 0 Å². The van der Waals surface area contributed by atoms with Crippen LogP contribution in [0.1, 0.15) is 26.7 Å². The molecule has 5 heteroatoms. The molecule has 2 unspecified atom stereocenters. The van der Waals surface area contributed by atoms with E-state index >= 15 is 0 Å². The van der Waals surface area contributed by atoms with Gasteiger partial charge in [-0.1, -0.05) is 0 Å². The quantitative estimate of drug-likeness (QED) is 0.555.